The average Bonchev–Trinajstić information content (AvgIpc) is 2.20. The molecule has 0 radical (unpaired) electrons. The fraction of sp³-hybridized carbons (Fsp3) is 0.900. The summed E-state index contributed by atoms with van der Waals surface area (Å²) in [7, 11) is 1.29. The number of ether oxygens (including phenoxy) is 1. The van der Waals surface area contributed by atoms with Gasteiger partial charge in [-0.25, -0.2) is 0 Å². The van der Waals surface area contributed by atoms with Gasteiger partial charge in [0, 0.05) is 6.42 Å². The van der Waals surface area contributed by atoms with Crippen LogP contribution in [0.25, 0.3) is 0 Å². The number of esters is 1. The van der Waals surface area contributed by atoms with Gasteiger partial charge in [-0.2, -0.15) is 13.2 Å². The van der Waals surface area contributed by atoms with E-state index in [0.717, 1.165) is 6.42 Å². The van der Waals surface area contributed by atoms with Gasteiger partial charge in [-0.3, -0.25) is 4.79 Å². The molecule has 6 heteroatoms. The largest absolute Gasteiger partial charge is 0.468 e. The minimum atomic E-state index is -4.11. The Morgan fingerprint density at radius 1 is 1.44 bits per heavy atom. The molecule has 0 fully saturated rings. The molecule has 2 nitrogen and oxygen atoms in total. The highest BCUT2D eigenvalue weighted by Gasteiger charge is 2.26. The summed E-state index contributed by atoms with van der Waals surface area (Å²) >= 11 is 1.24. The van der Waals surface area contributed by atoms with Gasteiger partial charge >= 0.3 is 12.1 Å². The second kappa shape index (κ2) is 7.81. The van der Waals surface area contributed by atoms with Crippen LogP contribution in [0.15, 0.2) is 0 Å². The van der Waals surface area contributed by atoms with E-state index >= 15 is 0 Å². The SMILES string of the molecule is CCCC(SCCCC(F)(F)F)C(=O)OC. The lowest BCUT2D eigenvalue weighted by atomic mass is 10.2. The average molecular weight is 258 g/mol. The molecule has 0 aromatic heterocycles. The maximum Gasteiger partial charge on any atom is 0.389 e. The van der Waals surface area contributed by atoms with E-state index in [2.05, 4.69) is 4.74 Å². The van der Waals surface area contributed by atoms with Crippen LogP contribution in [0.3, 0.4) is 0 Å². The summed E-state index contributed by atoms with van der Waals surface area (Å²) in [6.07, 6.45) is -3.40. The normalized spacial score (nSPS) is 13.6. The molecular formula is C10H17F3O2S. The third-order valence-electron chi connectivity index (χ3n) is 1.94. The van der Waals surface area contributed by atoms with Crippen LogP contribution < -0.4 is 0 Å². The predicted octanol–water partition coefficient (Wildman–Crippen LogP) is 3.40. The smallest absolute Gasteiger partial charge is 0.389 e. The number of carbonyl (C=O) groups is 1. The topological polar surface area (TPSA) is 26.3 Å². The van der Waals surface area contributed by atoms with Crippen molar-refractivity contribution in [2.45, 2.75) is 44.0 Å². The van der Waals surface area contributed by atoms with Crippen molar-refractivity contribution in [1.82, 2.24) is 0 Å². The summed E-state index contributed by atoms with van der Waals surface area (Å²) in [5.41, 5.74) is 0. The van der Waals surface area contributed by atoms with Crippen molar-refractivity contribution in [1.29, 1.82) is 0 Å². The van der Waals surface area contributed by atoms with Crippen LogP contribution >= 0.6 is 11.8 Å². The summed E-state index contributed by atoms with van der Waals surface area (Å²) in [6, 6.07) is 0. The van der Waals surface area contributed by atoms with Gasteiger partial charge in [0.1, 0.15) is 5.25 Å². The molecule has 0 aliphatic heterocycles. The third-order valence-corrected chi connectivity index (χ3v) is 3.29. The monoisotopic (exact) mass is 258 g/mol. The summed E-state index contributed by atoms with van der Waals surface area (Å²) in [6.45, 7) is 1.92. The molecule has 0 heterocycles. The van der Waals surface area contributed by atoms with E-state index in [1.54, 1.807) is 0 Å². The van der Waals surface area contributed by atoms with E-state index in [1.807, 2.05) is 6.92 Å². The summed E-state index contributed by atoms with van der Waals surface area (Å²) in [4.78, 5) is 11.2. The lowest BCUT2D eigenvalue weighted by Gasteiger charge is -2.13. The van der Waals surface area contributed by atoms with E-state index in [-0.39, 0.29) is 17.6 Å². The van der Waals surface area contributed by atoms with Crippen LogP contribution in [0.1, 0.15) is 32.6 Å². The Bertz CT molecular complexity index is 207. The Morgan fingerprint density at radius 3 is 2.50 bits per heavy atom. The highest BCUT2D eigenvalue weighted by molar-refractivity contribution is 8.00. The lowest BCUT2D eigenvalue weighted by Crippen LogP contribution is -2.19. The standard InChI is InChI=1S/C10H17F3O2S/c1-3-5-8(9(14)15-2)16-7-4-6-10(11,12)13/h8H,3-7H2,1-2H3. The molecule has 0 aromatic carbocycles. The zero-order chi connectivity index (χ0) is 12.6. The van der Waals surface area contributed by atoms with E-state index in [9.17, 15) is 18.0 Å². The Morgan fingerprint density at radius 2 is 2.06 bits per heavy atom. The van der Waals surface area contributed by atoms with Crippen LogP contribution in [-0.4, -0.2) is 30.3 Å². The van der Waals surface area contributed by atoms with Gasteiger partial charge in [-0.05, 0) is 18.6 Å². The number of hydrogen-bond donors (Lipinski definition) is 0. The molecule has 0 aliphatic carbocycles. The maximum atomic E-state index is 11.9. The van der Waals surface area contributed by atoms with Gasteiger partial charge in [0.25, 0.3) is 0 Å². The van der Waals surface area contributed by atoms with Crippen LogP contribution in [0.4, 0.5) is 13.2 Å². The summed E-state index contributed by atoms with van der Waals surface area (Å²) in [5, 5.41) is -0.330. The zero-order valence-corrected chi connectivity index (χ0v) is 10.3. The molecule has 0 saturated carbocycles. The van der Waals surface area contributed by atoms with Crippen molar-refractivity contribution in [3.05, 3.63) is 0 Å². The molecule has 0 rings (SSSR count). The summed E-state index contributed by atoms with van der Waals surface area (Å²) in [5.74, 6) is -0.0157. The second-order valence-electron chi connectivity index (χ2n) is 3.39. The highest BCUT2D eigenvalue weighted by atomic mass is 32.2. The molecule has 0 N–H and O–H groups in total. The molecule has 0 bridgehead atoms. The van der Waals surface area contributed by atoms with Gasteiger partial charge in [0.05, 0.1) is 7.11 Å². The molecule has 0 spiro atoms. The van der Waals surface area contributed by atoms with Crippen LogP contribution in [0, 0.1) is 0 Å². The number of alkyl halides is 3. The van der Waals surface area contributed by atoms with E-state index in [0.29, 0.717) is 12.2 Å². The highest BCUT2D eigenvalue weighted by Crippen LogP contribution is 2.25. The summed E-state index contributed by atoms with van der Waals surface area (Å²) < 4.78 is 40.1. The van der Waals surface area contributed by atoms with Gasteiger partial charge < -0.3 is 4.74 Å². The Labute approximate surface area is 97.9 Å². The van der Waals surface area contributed by atoms with Crippen LogP contribution in [0.2, 0.25) is 0 Å². The first-order chi connectivity index (χ1) is 7.40. The molecule has 0 saturated heterocycles. The molecule has 16 heavy (non-hydrogen) atoms. The number of methoxy groups -OCH3 is 1. The lowest BCUT2D eigenvalue weighted by molar-refractivity contribution is -0.140. The molecule has 1 atom stereocenters. The van der Waals surface area contributed by atoms with Crippen molar-refractivity contribution in [3.63, 3.8) is 0 Å². The van der Waals surface area contributed by atoms with E-state index in [4.69, 9.17) is 0 Å². The molecule has 1 unspecified atom stereocenters. The van der Waals surface area contributed by atoms with Crippen molar-refractivity contribution < 1.29 is 22.7 Å². The molecular weight excluding hydrogens is 241 g/mol. The quantitative estimate of drug-likeness (QED) is 0.517. The fourth-order valence-electron chi connectivity index (χ4n) is 1.16. The van der Waals surface area contributed by atoms with Crippen molar-refractivity contribution >= 4 is 17.7 Å². The maximum absolute atomic E-state index is 11.9. The third kappa shape index (κ3) is 7.84. The van der Waals surface area contributed by atoms with Crippen molar-refractivity contribution in [2.24, 2.45) is 0 Å². The Balaban J connectivity index is 3.81. The Kier molecular flexibility index (Phi) is 7.62. The second-order valence-corrected chi connectivity index (χ2v) is 4.70. The minimum absolute atomic E-state index is 0.0470. The number of rotatable bonds is 7. The first kappa shape index (κ1) is 15.6. The van der Waals surface area contributed by atoms with Gasteiger partial charge in [0.15, 0.2) is 0 Å². The zero-order valence-electron chi connectivity index (χ0n) is 9.47. The minimum Gasteiger partial charge on any atom is -0.468 e. The van der Waals surface area contributed by atoms with Crippen LogP contribution in [0.5, 0.6) is 0 Å². The van der Waals surface area contributed by atoms with Gasteiger partial charge in [0.2, 0.25) is 0 Å². The fourth-order valence-corrected chi connectivity index (χ4v) is 2.39. The van der Waals surface area contributed by atoms with Crippen molar-refractivity contribution in [3.8, 4) is 0 Å². The van der Waals surface area contributed by atoms with E-state index < -0.39 is 12.6 Å². The molecule has 0 aliphatic rings. The van der Waals surface area contributed by atoms with Crippen LogP contribution in [-0.2, 0) is 9.53 Å². The Hall–Kier alpha value is -0.390. The van der Waals surface area contributed by atoms with E-state index in [1.165, 1.54) is 18.9 Å². The first-order valence-corrected chi connectivity index (χ1v) is 6.21. The number of hydrogen-bond acceptors (Lipinski definition) is 3. The van der Waals surface area contributed by atoms with Gasteiger partial charge in [-0.15, -0.1) is 11.8 Å². The molecule has 0 aromatic rings. The molecule has 96 valence electrons. The van der Waals surface area contributed by atoms with Crippen molar-refractivity contribution in [2.75, 3.05) is 12.9 Å². The molecule has 0 amide bonds. The number of halogens is 3. The van der Waals surface area contributed by atoms with Gasteiger partial charge in [-0.1, -0.05) is 13.3 Å². The number of carbonyl (C=O) groups excluding carboxylic acids is 1. The predicted molar refractivity (Wildman–Crippen MR) is 58.5 cm³/mol. The number of thioether (sulfide) groups is 1. The first-order valence-electron chi connectivity index (χ1n) is 5.17.